The molecule has 0 saturated heterocycles. The van der Waals surface area contributed by atoms with Gasteiger partial charge in [-0.1, -0.05) is 24.4 Å². The molecular weight excluding hydrogens is 192 g/mol. The zero-order valence-electron chi connectivity index (χ0n) is 8.95. The van der Waals surface area contributed by atoms with Crippen LogP contribution < -0.4 is 5.32 Å². The van der Waals surface area contributed by atoms with E-state index in [1.807, 2.05) is 0 Å². The summed E-state index contributed by atoms with van der Waals surface area (Å²) in [5.41, 5.74) is 1.21. The number of amides is 1. The van der Waals surface area contributed by atoms with Crippen LogP contribution in [0.3, 0.4) is 0 Å². The molecule has 4 nitrogen and oxygen atoms in total. The molecule has 0 aliphatic heterocycles. The smallest absolute Gasteiger partial charge is 0.256 e. The highest BCUT2D eigenvalue weighted by Gasteiger charge is 2.19. The molecule has 0 unspecified atom stereocenters. The molecule has 1 N–H and O–H groups in total. The van der Waals surface area contributed by atoms with Crippen LogP contribution in [0.4, 0.5) is 0 Å². The Balaban J connectivity index is 1.94. The number of rotatable bonds is 2. The zero-order valence-corrected chi connectivity index (χ0v) is 8.95. The average molecular weight is 208 g/mol. The molecule has 0 radical (unpaired) electrons. The van der Waals surface area contributed by atoms with Crippen LogP contribution in [0.5, 0.6) is 0 Å². The van der Waals surface area contributed by atoms with Gasteiger partial charge in [0, 0.05) is 6.04 Å². The maximum Gasteiger partial charge on any atom is 0.256 e. The lowest BCUT2D eigenvalue weighted by Crippen LogP contribution is -2.36. The van der Waals surface area contributed by atoms with Crippen LogP contribution in [0.15, 0.2) is 10.8 Å². The predicted molar refractivity (Wildman–Crippen MR) is 55.6 cm³/mol. The number of hydrogen-bond donors (Lipinski definition) is 1. The molecule has 0 atom stereocenters. The van der Waals surface area contributed by atoms with Gasteiger partial charge in [-0.15, -0.1) is 0 Å². The van der Waals surface area contributed by atoms with E-state index < -0.39 is 0 Å². The summed E-state index contributed by atoms with van der Waals surface area (Å²) >= 11 is 0. The predicted octanol–water partition coefficient (Wildman–Crippen LogP) is 2.05. The average Bonchev–Trinajstić information content (AvgIpc) is 2.66. The van der Waals surface area contributed by atoms with E-state index >= 15 is 0 Å². The van der Waals surface area contributed by atoms with Crippen LogP contribution in [0, 0.1) is 6.92 Å². The van der Waals surface area contributed by atoms with Gasteiger partial charge in [-0.25, -0.2) is 0 Å². The number of hydrogen-bond acceptors (Lipinski definition) is 3. The normalized spacial score (nSPS) is 17.7. The quantitative estimate of drug-likeness (QED) is 0.809. The molecule has 0 aromatic carbocycles. The van der Waals surface area contributed by atoms with Gasteiger partial charge in [-0.2, -0.15) is 0 Å². The van der Waals surface area contributed by atoms with Gasteiger partial charge in [0.1, 0.15) is 11.8 Å². The van der Waals surface area contributed by atoms with Gasteiger partial charge in [0.15, 0.2) is 0 Å². The molecule has 2 rings (SSSR count). The van der Waals surface area contributed by atoms with Crippen molar-refractivity contribution in [1.29, 1.82) is 0 Å². The van der Waals surface area contributed by atoms with E-state index in [9.17, 15) is 4.79 Å². The van der Waals surface area contributed by atoms with Crippen molar-refractivity contribution in [3.63, 3.8) is 0 Å². The highest BCUT2D eigenvalue weighted by molar-refractivity contribution is 5.94. The lowest BCUT2D eigenvalue weighted by atomic mass is 9.95. The Kier molecular flexibility index (Phi) is 3.04. The lowest BCUT2D eigenvalue weighted by molar-refractivity contribution is 0.0926. The molecule has 1 aliphatic rings. The van der Waals surface area contributed by atoms with E-state index in [0.717, 1.165) is 12.8 Å². The molecule has 1 aromatic rings. The summed E-state index contributed by atoms with van der Waals surface area (Å²) < 4.78 is 4.74. The first-order valence-corrected chi connectivity index (χ1v) is 5.49. The van der Waals surface area contributed by atoms with Crippen molar-refractivity contribution >= 4 is 5.91 Å². The number of carbonyl (C=O) groups excluding carboxylic acids is 1. The number of nitrogens with one attached hydrogen (secondary N) is 1. The first-order chi connectivity index (χ1) is 7.27. The highest BCUT2D eigenvalue weighted by Crippen LogP contribution is 2.18. The van der Waals surface area contributed by atoms with Gasteiger partial charge in [0.2, 0.25) is 0 Å². The topological polar surface area (TPSA) is 55.1 Å². The lowest BCUT2D eigenvalue weighted by Gasteiger charge is -2.22. The monoisotopic (exact) mass is 208 g/mol. The fourth-order valence-electron chi connectivity index (χ4n) is 2.02. The molecule has 1 fully saturated rings. The Morgan fingerprint density at radius 1 is 1.47 bits per heavy atom. The Morgan fingerprint density at radius 2 is 2.20 bits per heavy atom. The molecule has 1 aliphatic carbocycles. The van der Waals surface area contributed by atoms with Gasteiger partial charge in [0.25, 0.3) is 5.91 Å². The fourth-order valence-corrected chi connectivity index (χ4v) is 2.02. The van der Waals surface area contributed by atoms with Gasteiger partial charge >= 0.3 is 0 Å². The van der Waals surface area contributed by atoms with Crippen LogP contribution in [0.25, 0.3) is 0 Å². The van der Waals surface area contributed by atoms with E-state index in [1.54, 1.807) is 6.92 Å². The van der Waals surface area contributed by atoms with Crippen LogP contribution in [-0.2, 0) is 0 Å². The minimum atomic E-state index is -0.0550. The first kappa shape index (κ1) is 10.2. The third-order valence-electron chi connectivity index (χ3n) is 2.93. The minimum Gasteiger partial charge on any atom is -0.364 e. The second kappa shape index (κ2) is 4.47. The van der Waals surface area contributed by atoms with Gasteiger partial charge in [-0.05, 0) is 19.8 Å². The van der Waals surface area contributed by atoms with Gasteiger partial charge in [0.05, 0.1) is 5.69 Å². The van der Waals surface area contributed by atoms with Gasteiger partial charge in [-0.3, -0.25) is 4.79 Å². The number of carbonyl (C=O) groups is 1. The third kappa shape index (κ3) is 2.37. The molecule has 1 heterocycles. The second-order valence-corrected chi connectivity index (χ2v) is 4.12. The van der Waals surface area contributed by atoms with Crippen molar-refractivity contribution in [2.75, 3.05) is 0 Å². The van der Waals surface area contributed by atoms with Crippen molar-refractivity contribution < 1.29 is 9.32 Å². The van der Waals surface area contributed by atoms with E-state index in [-0.39, 0.29) is 5.91 Å². The number of aryl methyl sites for hydroxylation is 1. The summed E-state index contributed by atoms with van der Waals surface area (Å²) in [6, 6.07) is 0.334. The molecule has 15 heavy (non-hydrogen) atoms. The molecule has 1 aromatic heterocycles. The summed E-state index contributed by atoms with van der Waals surface area (Å²) in [6.07, 6.45) is 7.32. The van der Waals surface area contributed by atoms with Crippen molar-refractivity contribution in [1.82, 2.24) is 10.5 Å². The van der Waals surface area contributed by atoms with E-state index in [0.29, 0.717) is 17.3 Å². The SMILES string of the molecule is Cc1nocc1C(=O)NC1CCCCC1. The molecule has 0 bridgehead atoms. The molecule has 82 valence electrons. The molecular formula is C11H16N2O2. The molecule has 1 saturated carbocycles. The Hall–Kier alpha value is -1.32. The number of nitrogens with zero attached hydrogens (tertiary/aromatic N) is 1. The van der Waals surface area contributed by atoms with Crippen molar-refractivity contribution in [3.05, 3.63) is 17.5 Å². The van der Waals surface area contributed by atoms with E-state index in [4.69, 9.17) is 4.52 Å². The first-order valence-electron chi connectivity index (χ1n) is 5.49. The molecule has 1 amide bonds. The Bertz CT molecular complexity index is 340. The maximum absolute atomic E-state index is 11.8. The highest BCUT2D eigenvalue weighted by atomic mass is 16.5. The van der Waals surface area contributed by atoms with Crippen molar-refractivity contribution in [3.8, 4) is 0 Å². The Labute approximate surface area is 89.0 Å². The summed E-state index contributed by atoms with van der Waals surface area (Å²) in [5, 5.41) is 6.72. The zero-order chi connectivity index (χ0) is 10.7. The van der Waals surface area contributed by atoms with Crippen LogP contribution >= 0.6 is 0 Å². The van der Waals surface area contributed by atoms with Crippen LogP contribution in [-0.4, -0.2) is 17.1 Å². The summed E-state index contributed by atoms with van der Waals surface area (Å²) in [7, 11) is 0. The molecule has 0 spiro atoms. The maximum atomic E-state index is 11.8. The van der Waals surface area contributed by atoms with E-state index in [1.165, 1.54) is 25.5 Å². The standard InChI is InChI=1S/C11H16N2O2/c1-8-10(7-15-13-8)11(14)12-9-5-3-2-4-6-9/h7,9H,2-6H2,1H3,(H,12,14). The Morgan fingerprint density at radius 3 is 2.80 bits per heavy atom. The van der Waals surface area contributed by atoms with Crippen molar-refractivity contribution in [2.24, 2.45) is 0 Å². The molecule has 4 heteroatoms. The van der Waals surface area contributed by atoms with Crippen LogP contribution in [0.1, 0.15) is 48.2 Å². The summed E-state index contributed by atoms with van der Waals surface area (Å²) in [6.45, 7) is 1.78. The third-order valence-corrected chi connectivity index (χ3v) is 2.93. The second-order valence-electron chi connectivity index (χ2n) is 4.12. The van der Waals surface area contributed by atoms with E-state index in [2.05, 4.69) is 10.5 Å². The summed E-state index contributed by atoms with van der Waals surface area (Å²) in [5.74, 6) is -0.0550. The van der Waals surface area contributed by atoms with Crippen LogP contribution in [0.2, 0.25) is 0 Å². The fraction of sp³-hybridized carbons (Fsp3) is 0.636. The summed E-state index contributed by atoms with van der Waals surface area (Å²) in [4.78, 5) is 11.8. The van der Waals surface area contributed by atoms with Gasteiger partial charge < -0.3 is 9.84 Å². The minimum absolute atomic E-state index is 0.0550. The van der Waals surface area contributed by atoms with Crippen molar-refractivity contribution in [2.45, 2.75) is 45.1 Å². The number of aromatic nitrogens is 1. The largest absolute Gasteiger partial charge is 0.364 e.